The molecule has 270 valence electrons. The second kappa shape index (κ2) is 14.1. The molecule has 0 N–H and O–H groups in total. The average molecular weight is 738 g/mol. The largest absolute Gasteiger partial charge is 0.208 e. The number of rotatable bonds is 6. The highest BCUT2D eigenvalue weighted by atomic mass is 15.0. The van der Waals surface area contributed by atoms with Gasteiger partial charge in [0.25, 0.3) is 0 Å². The van der Waals surface area contributed by atoms with Gasteiger partial charge >= 0.3 is 0 Å². The molecule has 0 bridgehead atoms. The van der Waals surface area contributed by atoms with Crippen LogP contribution in [0.5, 0.6) is 0 Å². The molecule has 58 heavy (non-hydrogen) atoms. The number of nitrogens with zero attached hydrogens (tertiary/aromatic N) is 3. The van der Waals surface area contributed by atoms with Crippen LogP contribution in [0.3, 0.4) is 0 Å². The van der Waals surface area contributed by atoms with E-state index in [1.54, 1.807) is 0 Å². The van der Waals surface area contributed by atoms with Crippen LogP contribution in [-0.4, -0.2) is 15.0 Å². The molecule has 1 heterocycles. The standard InChI is InChI=1S/C55H35N3/c1-3-13-36(14-4-1)38-23-29-41(30-24-38)53-56-54(42-31-25-39(26-32-42)37-15-5-2-6-16-37)58-55(57-53)43-33-27-40(28-34-43)50-35-51-46-19-8-7-17-44(46)45-18-9-11-21-48(45)52(51)49-22-12-10-20-47(49)50/h1-35H. The van der Waals surface area contributed by atoms with Crippen molar-refractivity contribution in [1.82, 2.24) is 15.0 Å². The van der Waals surface area contributed by atoms with E-state index in [1.807, 2.05) is 12.1 Å². The molecular weight excluding hydrogens is 703 g/mol. The minimum atomic E-state index is 0.631. The average Bonchev–Trinajstić information content (AvgIpc) is 3.32. The van der Waals surface area contributed by atoms with E-state index >= 15 is 0 Å². The summed E-state index contributed by atoms with van der Waals surface area (Å²) < 4.78 is 0. The van der Waals surface area contributed by atoms with E-state index in [4.69, 9.17) is 15.0 Å². The third-order valence-electron chi connectivity index (χ3n) is 11.3. The number of hydrogen-bond donors (Lipinski definition) is 0. The normalized spacial score (nSPS) is 11.4. The van der Waals surface area contributed by atoms with Crippen LogP contribution in [0.1, 0.15) is 0 Å². The van der Waals surface area contributed by atoms with Crippen molar-refractivity contribution in [2.24, 2.45) is 0 Å². The van der Waals surface area contributed by atoms with Crippen molar-refractivity contribution >= 4 is 43.1 Å². The zero-order valence-electron chi connectivity index (χ0n) is 31.5. The summed E-state index contributed by atoms with van der Waals surface area (Å²) in [7, 11) is 0. The molecule has 0 radical (unpaired) electrons. The molecule has 0 aliphatic heterocycles. The Labute approximate surface area is 336 Å². The maximum Gasteiger partial charge on any atom is 0.164 e. The number of benzene rings is 10. The van der Waals surface area contributed by atoms with E-state index in [-0.39, 0.29) is 0 Å². The van der Waals surface area contributed by atoms with Gasteiger partial charge < -0.3 is 0 Å². The van der Waals surface area contributed by atoms with Crippen LogP contribution < -0.4 is 0 Å². The third kappa shape index (κ3) is 5.89. The first-order chi connectivity index (χ1) is 28.7. The van der Waals surface area contributed by atoms with Gasteiger partial charge in [-0.25, -0.2) is 15.0 Å². The molecule has 0 saturated carbocycles. The predicted molar refractivity (Wildman–Crippen MR) is 242 cm³/mol. The van der Waals surface area contributed by atoms with Gasteiger partial charge in [0, 0.05) is 16.7 Å². The van der Waals surface area contributed by atoms with E-state index in [2.05, 4.69) is 200 Å². The van der Waals surface area contributed by atoms with Crippen LogP contribution in [0.4, 0.5) is 0 Å². The van der Waals surface area contributed by atoms with Crippen molar-refractivity contribution in [3.8, 4) is 67.5 Å². The predicted octanol–water partition coefficient (Wildman–Crippen LogP) is 14.5. The summed E-state index contributed by atoms with van der Waals surface area (Å²) >= 11 is 0. The SMILES string of the molecule is c1ccc(-c2ccc(-c3nc(-c4ccc(-c5ccccc5)cc4)nc(-c4ccc(-c5cc6c7ccccc7c7ccccc7c6c6ccccc56)cc4)n3)cc2)cc1. The summed E-state index contributed by atoms with van der Waals surface area (Å²) in [6, 6.07) is 75.3. The summed E-state index contributed by atoms with van der Waals surface area (Å²) in [5, 5.41) is 10.1. The monoisotopic (exact) mass is 737 g/mol. The van der Waals surface area contributed by atoms with Gasteiger partial charge in [0.1, 0.15) is 0 Å². The smallest absolute Gasteiger partial charge is 0.164 e. The summed E-state index contributed by atoms with van der Waals surface area (Å²) in [6.45, 7) is 0. The Hall–Kier alpha value is -7.75. The fourth-order valence-electron chi connectivity index (χ4n) is 8.45. The quantitative estimate of drug-likeness (QED) is 0.160. The molecule has 0 fully saturated rings. The molecule has 0 unspecified atom stereocenters. The highest BCUT2D eigenvalue weighted by molar-refractivity contribution is 6.33. The molecule has 11 aromatic rings. The lowest BCUT2D eigenvalue weighted by molar-refractivity contribution is 1.07. The molecule has 0 atom stereocenters. The molecule has 3 nitrogen and oxygen atoms in total. The van der Waals surface area contributed by atoms with Gasteiger partial charge in [-0.05, 0) is 82.5 Å². The second-order valence-corrected chi connectivity index (χ2v) is 14.8. The molecule has 0 amide bonds. The number of fused-ring (bicyclic) bond motifs is 8. The minimum absolute atomic E-state index is 0.631. The molecule has 11 rings (SSSR count). The zero-order valence-corrected chi connectivity index (χ0v) is 31.5. The first kappa shape index (κ1) is 33.6. The highest BCUT2D eigenvalue weighted by Crippen LogP contribution is 2.43. The van der Waals surface area contributed by atoms with Crippen molar-refractivity contribution in [3.05, 3.63) is 212 Å². The molecule has 0 saturated heterocycles. The Morgan fingerprint density at radius 3 is 0.948 bits per heavy atom. The summed E-state index contributed by atoms with van der Waals surface area (Å²) in [4.78, 5) is 15.3. The van der Waals surface area contributed by atoms with Gasteiger partial charge in [-0.2, -0.15) is 0 Å². The van der Waals surface area contributed by atoms with Crippen molar-refractivity contribution in [3.63, 3.8) is 0 Å². The molecule has 1 aromatic heterocycles. The third-order valence-corrected chi connectivity index (χ3v) is 11.3. The van der Waals surface area contributed by atoms with E-state index in [1.165, 1.54) is 59.8 Å². The van der Waals surface area contributed by atoms with E-state index in [0.717, 1.165) is 33.4 Å². The first-order valence-corrected chi connectivity index (χ1v) is 19.7. The summed E-state index contributed by atoms with van der Waals surface area (Å²) in [5.41, 5.74) is 9.77. The van der Waals surface area contributed by atoms with Crippen LogP contribution in [0.25, 0.3) is 111 Å². The van der Waals surface area contributed by atoms with Crippen LogP contribution in [0.15, 0.2) is 212 Å². The van der Waals surface area contributed by atoms with E-state index in [9.17, 15) is 0 Å². The Morgan fingerprint density at radius 1 is 0.207 bits per heavy atom. The Morgan fingerprint density at radius 2 is 0.500 bits per heavy atom. The van der Waals surface area contributed by atoms with Crippen LogP contribution in [-0.2, 0) is 0 Å². The second-order valence-electron chi connectivity index (χ2n) is 14.8. The van der Waals surface area contributed by atoms with Gasteiger partial charge in [0.2, 0.25) is 0 Å². The van der Waals surface area contributed by atoms with Gasteiger partial charge in [-0.15, -0.1) is 0 Å². The van der Waals surface area contributed by atoms with Gasteiger partial charge in [-0.1, -0.05) is 206 Å². The molecule has 0 aliphatic rings. The molecule has 10 aromatic carbocycles. The van der Waals surface area contributed by atoms with Crippen molar-refractivity contribution in [1.29, 1.82) is 0 Å². The fourth-order valence-corrected chi connectivity index (χ4v) is 8.45. The Balaban J connectivity index is 1.03. The van der Waals surface area contributed by atoms with Gasteiger partial charge in [-0.3, -0.25) is 0 Å². The van der Waals surface area contributed by atoms with Crippen LogP contribution >= 0.6 is 0 Å². The molecule has 0 spiro atoms. The molecule has 3 heteroatoms. The van der Waals surface area contributed by atoms with E-state index < -0.39 is 0 Å². The topological polar surface area (TPSA) is 38.7 Å². The van der Waals surface area contributed by atoms with Crippen LogP contribution in [0, 0.1) is 0 Å². The maximum atomic E-state index is 5.10. The van der Waals surface area contributed by atoms with Gasteiger partial charge in [0.15, 0.2) is 17.5 Å². The Kier molecular flexibility index (Phi) is 8.15. The fraction of sp³-hybridized carbons (Fsp3) is 0. The lowest BCUT2D eigenvalue weighted by Crippen LogP contribution is -2.00. The minimum Gasteiger partial charge on any atom is -0.208 e. The molecule has 0 aliphatic carbocycles. The van der Waals surface area contributed by atoms with Gasteiger partial charge in [0.05, 0.1) is 0 Å². The number of aromatic nitrogens is 3. The zero-order chi connectivity index (χ0) is 38.4. The lowest BCUT2D eigenvalue weighted by atomic mass is 9.87. The number of hydrogen-bond acceptors (Lipinski definition) is 3. The van der Waals surface area contributed by atoms with Crippen molar-refractivity contribution in [2.45, 2.75) is 0 Å². The lowest BCUT2D eigenvalue weighted by Gasteiger charge is -2.16. The first-order valence-electron chi connectivity index (χ1n) is 19.7. The van der Waals surface area contributed by atoms with Crippen LogP contribution in [0.2, 0.25) is 0 Å². The van der Waals surface area contributed by atoms with Crippen molar-refractivity contribution in [2.75, 3.05) is 0 Å². The van der Waals surface area contributed by atoms with E-state index in [0.29, 0.717) is 17.5 Å². The Bertz CT molecular complexity index is 3180. The summed E-state index contributed by atoms with van der Waals surface area (Å²) in [6.07, 6.45) is 0. The highest BCUT2D eigenvalue weighted by Gasteiger charge is 2.17. The van der Waals surface area contributed by atoms with Crippen molar-refractivity contribution < 1.29 is 0 Å². The maximum absolute atomic E-state index is 5.10. The molecular formula is C55H35N3. The summed E-state index contributed by atoms with van der Waals surface area (Å²) in [5.74, 6) is 1.90.